The Kier molecular flexibility index (Phi) is 3.53. The van der Waals surface area contributed by atoms with Crippen molar-refractivity contribution in [2.24, 2.45) is 11.8 Å². The van der Waals surface area contributed by atoms with Crippen molar-refractivity contribution < 1.29 is 0 Å². The Balaban J connectivity index is 2.14. The van der Waals surface area contributed by atoms with Crippen LogP contribution < -0.4 is 0 Å². The number of nitrogens with one attached hydrogen (secondary N) is 1. The molecule has 1 aromatic rings. The second-order valence-electron chi connectivity index (χ2n) is 5.57. The monoisotopic (exact) mass is 238 g/mol. The maximum atomic E-state index is 5.36. The zero-order valence-electron chi connectivity index (χ0n) is 10.5. The standard InChI is InChI=1S/C13H22N2S/c1-9(2)12-7-14-13(16)15(12)8-11-5-4-10(3)6-11/h7,9-11H,4-6,8H2,1-3H3,(H,14,16). The Labute approximate surface area is 103 Å². The SMILES string of the molecule is CC1CCC(Cn2c(C(C)C)c[nH]c2=S)C1. The van der Waals surface area contributed by atoms with Crippen molar-refractivity contribution in [1.29, 1.82) is 0 Å². The maximum absolute atomic E-state index is 5.36. The first-order valence-electron chi connectivity index (χ1n) is 6.36. The van der Waals surface area contributed by atoms with Gasteiger partial charge in [0.15, 0.2) is 4.77 Å². The lowest BCUT2D eigenvalue weighted by atomic mass is 10.1. The minimum atomic E-state index is 0.548. The topological polar surface area (TPSA) is 20.7 Å². The lowest BCUT2D eigenvalue weighted by Gasteiger charge is -2.15. The van der Waals surface area contributed by atoms with E-state index in [1.54, 1.807) is 0 Å². The van der Waals surface area contributed by atoms with Crippen LogP contribution in [0, 0.1) is 16.6 Å². The van der Waals surface area contributed by atoms with Crippen LogP contribution in [0.1, 0.15) is 51.6 Å². The van der Waals surface area contributed by atoms with Gasteiger partial charge in [0, 0.05) is 18.4 Å². The van der Waals surface area contributed by atoms with Crippen molar-refractivity contribution in [2.45, 2.75) is 52.5 Å². The molecule has 1 aliphatic carbocycles. The quantitative estimate of drug-likeness (QED) is 0.786. The molecule has 0 aromatic carbocycles. The van der Waals surface area contributed by atoms with Crippen LogP contribution in [0.2, 0.25) is 0 Å². The summed E-state index contributed by atoms with van der Waals surface area (Å²) < 4.78 is 3.20. The molecule has 1 aromatic heterocycles. The molecule has 2 unspecified atom stereocenters. The Hall–Kier alpha value is -0.570. The van der Waals surface area contributed by atoms with Crippen molar-refractivity contribution in [1.82, 2.24) is 9.55 Å². The molecular weight excluding hydrogens is 216 g/mol. The molecule has 0 aliphatic heterocycles. The third kappa shape index (κ3) is 2.40. The zero-order chi connectivity index (χ0) is 11.7. The number of hydrogen-bond donors (Lipinski definition) is 1. The highest BCUT2D eigenvalue weighted by Crippen LogP contribution is 2.32. The Morgan fingerprint density at radius 2 is 2.25 bits per heavy atom. The summed E-state index contributed by atoms with van der Waals surface area (Å²) in [6.45, 7) is 7.93. The van der Waals surface area contributed by atoms with Crippen LogP contribution in [0.5, 0.6) is 0 Å². The number of aromatic amines is 1. The number of aromatic nitrogens is 2. The third-order valence-electron chi connectivity index (χ3n) is 3.74. The number of hydrogen-bond acceptors (Lipinski definition) is 1. The molecule has 0 spiro atoms. The van der Waals surface area contributed by atoms with E-state index in [-0.39, 0.29) is 0 Å². The second-order valence-corrected chi connectivity index (χ2v) is 5.95. The fourth-order valence-corrected chi connectivity index (χ4v) is 3.06. The maximum Gasteiger partial charge on any atom is 0.177 e. The predicted molar refractivity (Wildman–Crippen MR) is 70.2 cm³/mol. The summed E-state index contributed by atoms with van der Waals surface area (Å²) in [6.07, 6.45) is 6.20. The molecule has 0 radical (unpaired) electrons. The molecular formula is C13H22N2S. The van der Waals surface area contributed by atoms with E-state index in [0.717, 1.165) is 23.2 Å². The third-order valence-corrected chi connectivity index (χ3v) is 4.07. The lowest BCUT2D eigenvalue weighted by Crippen LogP contribution is -2.11. The summed E-state index contributed by atoms with van der Waals surface area (Å²) in [6, 6.07) is 0. The van der Waals surface area contributed by atoms with Crippen LogP contribution >= 0.6 is 12.2 Å². The highest BCUT2D eigenvalue weighted by atomic mass is 32.1. The van der Waals surface area contributed by atoms with Gasteiger partial charge in [0.1, 0.15) is 0 Å². The summed E-state index contributed by atoms with van der Waals surface area (Å²) in [7, 11) is 0. The lowest BCUT2D eigenvalue weighted by molar-refractivity contribution is 0.427. The first-order chi connectivity index (χ1) is 7.58. The van der Waals surface area contributed by atoms with Gasteiger partial charge in [-0.15, -0.1) is 0 Å². The smallest absolute Gasteiger partial charge is 0.177 e. The number of rotatable bonds is 3. The molecule has 1 aliphatic rings. The fraction of sp³-hybridized carbons (Fsp3) is 0.769. The molecule has 0 saturated heterocycles. The van der Waals surface area contributed by atoms with Gasteiger partial charge in [-0.25, -0.2) is 0 Å². The van der Waals surface area contributed by atoms with Gasteiger partial charge in [0.05, 0.1) is 0 Å². The van der Waals surface area contributed by atoms with E-state index in [0.29, 0.717) is 5.92 Å². The molecule has 0 amide bonds. The summed E-state index contributed by atoms with van der Waals surface area (Å²) in [4.78, 5) is 3.18. The van der Waals surface area contributed by atoms with Crippen molar-refractivity contribution >= 4 is 12.2 Å². The summed E-state index contributed by atoms with van der Waals surface area (Å²) >= 11 is 5.36. The predicted octanol–water partition coefficient (Wildman–Crippen LogP) is 4.11. The molecule has 1 fully saturated rings. The minimum absolute atomic E-state index is 0.548. The number of nitrogens with zero attached hydrogens (tertiary/aromatic N) is 1. The first kappa shape index (κ1) is 11.9. The van der Waals surface area contributed by atoms with Gasteiger partial charge < -0.3 is 9.55 Å². The highest BCUT2D eigenvalue weighted by Gasteiger charge is 2.22. The van der Waals surface area contributed by atoms with Gasteiger partial charge >= 0.3 is 0 Å². The first-order valence-corrected chi connectivity index (χ1v) is 6.77. The molecule has 1 saturated carbocycles. The molecule has 2 rings (SSSR count). The van der Waals surface area contributed by atoms with Crippen molar-refractivity contribution in [3.05, 3.63) is 16.7 Å². The Bertz CT molecular complexity index is 402. The van der Waals surface area contributed by atoms with E-state index in [2.05, 4.69) is 36.5 Å². The van der Waals surface area contributed by atoms with E-state index in [1.807, 2.05) is 0 Å². The number of imidazole rings is 1. The van der Waals surface area contributed by atoms with E-state index in [9.17, 15) is 0 Å². The molecule has 16 heavy (non-hydrogen) atoms. The van der Waals surface area contributed by atoms with Crippen LogP contribution in [0.4, 0.5) is 0 Å². The molecule has 2 atom stereocenters. The summed E-state index contributed by atoms with van der Waals surface area (Å²) in [5.74, 6) is 2.28. The van der Waals surface area contributed by atoms with E-state index in [4.69, 9.17) is 12.2 Å². The van der Waals surface area contributed by atoms with Crippen LogP contribution in [0.3, 0.4) is 0 Å². The van der Waals surface area contributed by atoms with Crippen molar-refractivity contribution in [3.8, 4) is 0 Å². The van der Waals surface area contributed by atoms with E-state index >= 15 is 0 Å². The average molecular weight is 238 g/mol. The van der Waals surface area contributed by atoms with Gasteiger partial charge in [-0.05, 0) is 42.8 Å². The molecule has 1 N–H and O–H groups in total. The van der Waals surface area contributed by atoms with E-state index < -0.39 is 0 Å². The van der Waals surface area contributed by atoms with Gasteiger partial charge in [0.2, 0.25) is 0 Å². The Morgan fingerprint density at radius 1 is 1.50 bits per heavy atom. The van der Waals surface area contributed by atoms with Gasteiger partial charge in [-0.2, -0.15) is 0 Å². The second kappa shape index (κ2) is 4.74. The Morgan fingerprint density at radius 3 is 2.81 bits per heavy atom. The van der Waals surface area contributed by atoms with E-state index in [1.165, 1.54) is 25.0 Å². The normalized spacial score (nSPS) is 25.5. The minimum Gasteiger partial charge on any atom is -0.337 e. The summed E-state index contributed by atoms with van der Waals surface area (Å²) in [5, 5.41) is 0. The van der Waals surface area contributed by atoms with Crippen molar-refractivity contribution in [3.63, 3.8) is 0 Å². The molecule has 2 nitrogen and oxygen atoms in total. The summed E-state index contributed by atoms with van der Waals surface area (Å²) in [5.41, 5.74) is 1.35. The van der Waals surface area contributed by atoms with Gasteiger partial charge in [-0.3, -0.25) is 0 Å². The fourth-order valence-electron chi connectivity index (χ4n) is 2.82. The van der Waals surface area contributed by atoms with Crippen LogP contribution in [-0.2, 0) is 6.54 Å². The van der Waals surface area contributed by atoms with Gasteiger partial charge in [-0.1, -0.05) is 27.2 Å². The van der Waals surface area contributed by atoms with Crippen LogP contribution in [0.15, 0.2) is 6.20 Å². The molecule has 90 valence electrons. The largest absolute Gasteiger partial charge is 0.337 e. The molecule has 0 bridgehead atoms. The molecule has 1 heterocycles. The van der Waals surface area contributed by atoms with Crippen LogP contribution in [-0.4, -0.2) is 9.55 Å². The van der Waals surface area contributed by atoms with Crippen molar-refractivity contribution in [2.75, 3.05) is 0 Å². The number of H-pyrrole nitrogens is 1. The average Bonchev–Trinajstić information content (AvgIpc) is 2.76. The molecule has 3 heteroatoms. The highest BCUT2D eigenvalue weighted by molar-refractivity contribution is 7.71. The van der Waals surface area contributed by atoms with Crippen LogP contribution in [0.25, 0.3) is 0 Å². The van der Waals surface area contributed by atoms with Gasteiger partial charge in [0.25, 0.3) is 0 Å². The zero-order valence-corrected chi connectivity index (χ0v) is 11.3.